The lowest BCUT2D eigenvalue weighted by Gasteiger charge is -2.13. The van der Waals surface area contributed by atoms with Crippen molar-refractivity contribution < 1.29 is 17.9 Å². The number of hydrogen-bond acceptors (Lipinski definition) is 5. The average Bonchev–Trinajstić information content (AvgIpc) is 2.38. The fraction of sp³-hybridized carbons (Fsp3) is 0.571. The van der Waals surface area contributed by atoms with E-state index in [1.165, 1.54) is 0 Å². The maximum Gasteiger partial charge on any atom is 0.161 e. The molecule has 0 spiro atoms. The number of hydrogen-bond donors (Lipinski definition) is 1. The Bertz CT molecular complexity index is 526. The van der Waals surface area contributed by atoms with Crippen LogP contribution in [-0.4, -0.2) is 33.6 Å². The van der Waals surface area contributed by atoms with Crippen LogP contribution in [0.25, 0.3) is 0 Å². The Hall–Kier alpha value is -1.27. The molecule has 0 fully saturated rings. The van der Waals surface area contributed by atoms with Crippen molar-refractivity contribution in [1.29, 1.82) is 0 Å². The summed E-state index contributed by atoms with van der Waals surface area (Å²) in [6, 6.07) is 5.32. The van der Waals surface area contributed by atoms with Gasteiger partial charge in [-0.2, -0.15) is 0 Å². The van der Waals surface area contributed by atoms with E-state index in [-0.39, 0.29) is 24.2 Å². The van der Waals surface area contributed by atoms with Gasteiger partial charge in [0.2, 0.25) is 0 Å². The first-order chi connectivity index (χ1) is 9.39. The molecule has 6 heteroatoms. The van der Waals surface area contributed by atoms with E-state index < -0.39 is 9.84 Å². The second kappa shape index (κ2) is 7.50. The second-order valence-electron chi connectivity index (χ2n) is 4.70. The molecular weight excluding hydrogens is 278 g/mol. The van der Waals surface area contributed by atoms with Gasteiger partial charge in [0.05, 0.1) is 18.6 Å². The fourth-order valence-electron chi connectivity index (χ4n) is 1.78. The van der Waals surface area contributed by atoms with E-state index in [4.69, 9.17) is 15.2 Å². The molecule has 0 radical (unpaired) electrons. The number of benzene rings is 1. The predicted molar refractivity (Wildman–Crippen MR) is 80.0 cm³/mol. The molecule has 2 N–H and O–H groups in total. The van der Waals surface area contributed by atoms with E-state index in [1.54, 1.807) is 19.2 Å². The molecule has 0 aliphatic heterocycles. The molecule has 5 nitrogen and oxygen atoms in total. The fourth-order valence-corrected chi connectivity index (χ4v) is 2.94. The van der Waals surface area contributed by atoms with Gasteiger partial charge >= 0.3 is 0 Å². The first-order valence-corrected chi connectivity index (χ1v) is 8.48. The molecule has 0 saturated heterocycles. The molecule has 0 aliphatic rings. The summed E-state index contributed by atoms with van der Waals surface area (Å²) in [5.41, 5.74) is 6.74. The molecule has 0 saturated carbocycles. The molecule has 1 rings (SSSR count). The molecule has 1 aromatic carbocycles. The van der Waals surface area contributed by atoms with Crippen molar-refractivity contribution in [1.82, 2.24) is 0 Å². The van der Waals surface area contributed by atoms with Gasteiger partial charge < -0.3 is 15.2 Å². The smallest absolute Gasteiger partial charge is 0.161 e. The van der Waals surface area contributed by atoms with Crippen molar-refractivity contribution in [3.63, 3.8) is 0 Å². The zero-order valence-corrected chi connectivity index (χ0v) is 13.1. The predicted octanol–water partition coefficient (Wildman–Crippen LogP) is 1.92. The van der Waals surface area contributed by atoms with Crippen LogP contribution in [0.15, 0.2) is 18.2 Å². The third-order valence-corrected chi connectivity index (χ3v) is 4.70. The summed E-state index contributed by atoms with van der Waals surface area (Å²) in [5.74, 6) is 1.30. The van der Waals surface area contributed by atoms with Gasteiger partial charge in [-0.3, -0.25) is 0 Å². The molecule has 0 bridgehead atoms. The Labute approximate surface area is 121 Å². The second-order valence-corrected chi connectivity index (χ2v) is 7.00. The Kier molecular flexibility index (Phi) is 6.29. The highest BCUT2D eigenvalue weighted by atomic mass is 32.2. The first-order valence-electron chi connectivity index (χ1n) is 6.66. The zero-order chi connectivity index (χ0) is 15.2. The molecule has 1 aromatic rings. The number of nitrogens with two attached hydrogens (primary N) is 1. The zero-order valence-electron chi connectivity index (χ0n) is 12.3. The van der Waals surface area contributed by atoms with Crippen LogP contribution in [0.4, 0.5) is 0 Å². The number of methoxy groups -OCH3 is 1. The lowest BCUT2D eigenvalue weighted by Crippen LogP contribution is -2.17. The van der Waals surface area contributed by atoms with Gasteiger partial charge in [0.1, 0.15) is 6.61 Å². The van der Waals surface area contributed by atoms with Gasteiger partial charge in [0, 0.05) is 6.04 Å². The summed E-state index contributed by atoms with van der Waals surface area (Å²) in [6.45, 7) is 3.84. The Morgan fingerprint density at radius 3 is 2.50 bits per heavy atom. The van der Waals surface area contributed by atoms with Gasteiger partial charge in [0.25, 0.3) is 0 Å². The highest BCUT2D eigenvalue weighted by Gasteiger charge is 2.12. The summed E-state index contributed by atoms with van der Waals surface area (Å²) in [7, 11) is -1.49. The number of rotatable bonds is 8. The summed E-state index contributed by atoms with van der Waals surface area (Å²) in [6.07, 6.45) is 0.620. The van der Waals surface area contributed by atoms with Gasteiger partial charge in [-0.05, 0) is 31.0 Å². The average molecular weight is 301 g/mol. The SMILES string of the molecule is CCCS(=O)(=O)CCOc1ccc([C@H](C)N)cc1OC. The number of sulfone groups is 1. The van der Waals surface area contributed by atoms with E-state index in [0.29, 0.717) is 17.9 Å². The molecule has 0 heterocycles. The van der Waals surface area contributed by atoms with Gasteiger partial charge in [-0.25, -0.2) is 8.42 Å². The quantitative estimate of drug-likeness (QED) is 0.793. The van der Waals surface area contributed by atoms with E-state index in [9.17, 15) is 8.42 Å². The van der Waals surface area contributed by atoms with E-state index >= 15 is 0 Å². The monoisotopic (exact) mass is 301 g/mol. The van der Waals surface area contributed by atoms with Crippen molar-refractivity contribution in [2.24, 2.45) is 5.73 Å². The van der Waals surface area contributed by atoms with Crippen LogP contribution in [0.2, 0.25) is 0 Å². The molecule has 0 aliphatic carbocycles. The lowest BCUT2D eigenvalue weighted by atomic mass is 10.1. The Balaban J connectivity index is 2.69. The highest BCUT2D eigenvalue weighted by molar-refractivity contribution is 7.91. The van der Waals surface area contributed by atoms with Crippen molar-refractivity contribution in [3.05, 3.63) is 23.8 Å². The summed E-state index contributed by atoms with van der Waals surface area (Å²) >= 11 is 0. The summed E-state index contributed by atoms with van der Waals surface area (Å²) in [5, 5.41) is 0. The maximum atomic E-state index is 11.6. The van der Waals surface area contributed by atoms with Gasteiger partial charge in [0.15, 0.2) is 21.3 Å². The van der Waals surface area contributed by atoms with Gasteiger partial charge in [-0.15, -0.1) is 0 Å². The minimum atomic E-state index is -3.03. The molecular formula is C14H23NO4S. The van der Waals surface area contributed by atoms with Crippen LogP contribution in [0.1, 0.15) is 31.9 Å². The third kappa shape index (κ3) is 5.02. The highest BCUT2D eigenvalue weighted by Crippen LogP contribution is 2.29. The summed E-state index contributed by atoms with van der Waals surface area (Å²) < 4.78 is 33.9. The first kappa shape index (κ1) is 16.8. The summed E-state index contributed by atoms with van der Waals surface area (Å²) in [4.78, 5) is 0. The maximum absolute atomic E-state index is 11.6. The molecule has 1 atom stereocenters. The number of ether oxygens (including phenoxy) is 2. The largest absolute Gasteiger partial charge is 0.493 e. The van der Waals surface area contributed by atoms with E-state index in [0.717, 1.165) is 5.56 Å². The van der Waals surface area contributed by atoms with Crippen LogP contribution in [0, 0.1) is 0 Å². The lowest BCUT2D eigenvalue weighted by molar-refractivity contribution is 0.311. The Morgan fingerprint density at radius 1 is 1.25 bits per heavy atom. The van der Waals surface area contributed by atoms with Crippen molar-refractivity contribution in [2.75, 3.05) is 25.2 Å². The Morgan fingerprint density at radius 2 is 1.95 bits per heavy atom. The third-order valence-electron chi connectivity index (χ3n) is 2.88. The topological polar surface area (TPSA) is 78.6 Å². The normalized spacial score (nSPS) is 13.0. The van der Waals surface area contributed by atoms with Gasteiger partial charge in [-0.1, -0.05) is 13.0 Å². The standard InChI is InChI=1S/C14H23NO4S/c1-4-8-20(16,17)9-7-19-13-6-5-12(11(2)15)10-14(13)18-3/h5-6,10-11H,4,7-9,15H2,1-3H3/t11-/m0/s1. The minimum Gasteiger partial charge on any atom is -0.493 e. The van der Waals surface area contributed by atoms with Crippen LogP contribution < -0.4 is 15.2 Å². The molecule has 0 amide bonds. The molecule has 20 heavy (non-hydrogen) atoms. The molecule has 0 aromatic heterocycles. The molecule has 0 unspecified atom stereocenters. The van der Waals surface area contributed by atoms with Crippen molar-refractivity contribution in [2.45, 2.75) is 26.3 Å². The van der Waals surface area contributed by atoms with Crippen LogP contribution in [-0.2, 0) is 9.84 Å². The van der Waals surface area contributed by atoms with Crippen LogP contribution >= 0.6 is 0 Å². The van der Waals surface area contributed by atoms with Crippen LogP contribution in [0.3, 0.4) is 0 Å². The molecule has 114 valence electrons. The minimum absolute atomic E-state index is 0.0129. The van der Waals surface area contributed by atoms with Crippen LogP contribution in [0.5, 0.6) is 11.5 Å². The van der Waals surface area contributed by atoms with E-state index in [2.05, 4.69) is 0 Å². The van der Waals surface area contributed by atoms with E-state index in [1.807, 2.05) is 19.9 Å². The van der Waals surface area contributed by atoms with Crippen molar-refractivity contribution in [3.8, 4) is 11.5 Å². The van der Waals surface area contributed by atoms with Crippen molar-refractivity contribution >= 4 is 9.84 Å².